The van der Waals surface area contributed by atoms with E-state index in [1.807, 2.05) is 117 Å². The molecule has 7 rings (SSSR count). The highest BCUT2D eigenvalue weighted by Gasteiger charge is 2.13. The van der Waals surface area contributed by atoms with Gasteiger partial charge < -0.3 is 25.2 Å². The van der Waals surface area contributed by atoms with Gasteiger partial charge >= 0.3 is 0 Å². The smallest absolute Gasteiger partial charge is 0.255 e. The minimum Gasteiger partial charge on any atom is -0.505 e. The molecule has 0 saturated carbocycles. The van der Waals surface area contributed by atoms with E-state index in [0.717, 1.165) is 50.8 Å². The van der Waals surface area contributed by atoms with Gasteiger partial charge in [-0.25, -0.2) is 0 Å². The van der Waals surface area contributed by atoms with Crippen LogP contribution in [0.5, 0.6) is 17.2 Å². The fraction of sp³-hybridized carbons (Fsp3) is 0.133. The number of methoxy groups -OCH3 is 1. The first-order valence-electron chi connectivity index (χ1n) is 18.0. The molecule has 10 nitrogen and oxygen atoms in total. The second kappa shape index (κ2) is 16.3. The minimum absolute atomic E-state index is 0.0604. The number of fused-ring (bicyclic) bond motifs is 2. The van der Waals surface area contributed by atoms with E-state index in [-0.39, 0.29) is 11.7 Å². The Morgan fingerprint density at radius 1 is 0.636 bits per heavy atom. The summed E-state index contributed by atoms with van der Waals surface area (Å²) in [7, 11) is 1.53. The van der Waals surface area contributed by atoms with Crippen LogP contribution in [0.2, 0.25) is 0 Å². The zero-order chi connectivity index (χ0) is 38.3. The lowest BCUT2D eigenvalue weighted by atomic mass is 10.1. The number of amides is 1. The molecule has 0 bridgehead atoms. The molecule has 0 aliphatic rings. The molecule has 7 aromatic carbocycles. The lowest BCUT2D eigenvalue weighted by Crippen LogP contribution is -2.11. The summed E-state index contributed by atoms with van der Waals surface area (Å²) in [5.41, 5.74) is 6.77. The summed E-state index contributed by atoms with van der Waals surface area (Å²) in [6.45, 7) is 6.54. The molecular weight excluding hydrogens is 689 g/mol. The Hall–Kier alpha value is -7.07. The van der Waals surface area contributed by atoms with Gasteiger partial charge in [0, 0.05) is 28.0 Å². The highest BCUT2D eigenvalue weighted by atomic mass is 16.5. The Balaban J connectivity index is 1.03. The highest BCUT2D eigenvalue weighted by molar-refractivity contribution is 6.06. The number of phenols is 1. The molecule has 0 saturated heterocycles. The molecular formula is C45H40N6O4. The predicted molar refractivity (Wildman–Crippen MR) is 220 cm³/mol. The molecule has 0 radical (unpaired) electrons. The third-order valence-electron chi connectivity index (χ3n) is 9.06. The summed E-state index contributed by atoms with van der Waals surface area (Å²) >= 11 is 0. The van der Waals surface area contributed by atoms with Gasteiger partial charge in [0.25, 0.3) is 5.91 Å². The van der Waals surface area contributed by atoms with Crippen molar-refractivity contribution in [3.63, 3.8) is 0 Å². The van der Waals surface area contributed by atoms with Crippen LogP contribution in [0, 0.1) is 13.8 Å². The van der Waals surface area contributed by atoms with Crippen LogP contribution in [0.3, 0.4) is 0 Å². The van der Waals surface area contributed by atoms with Gasteiger partial charge in [-0.15, -0.1) is 10.2 Å². The predicted octanol–water partition coefficient (Wildman–Crippen LogP) is 12.9. The Kier molecular flexibility index (Phi) is 10.8. The standard InChI is InChI=1S/C45H40N6O4/c1-5-21-55-37-17-12-30-11-15-36(25-33(30)26-37)47-45(53)32-14-19-39(43(27-32)54-4)48-50-41-22-29(3)42(23-28(41)2)51-49-40-20-13-31-24-35(16-18-38(31)44(40)52)46-34-9-7-6-8-10-34/h6-20,22-27,46,52H,5,21H2,1-4H3,(H,47,53). The van der Waals surface area contributed by atoms with Crippen molar-refractivity contribution < 1.29 is 19.4 Å². The molecule has 0 aromatic heterocycles. The number of hydrogen-bond donors (Lipinski definition) is 3. The first kappa shape index (κ1) is 36.3. The molecule has 0 atom stereocenters. The summed E-state index contributed by atoms with van der Waals surface area (Å²) in [5, 5.41) is 38.8. The van der Waals surface area contributed by atoms with Crippen molar-refractivity contribution in [2.45, 2.75) is 27.2 Å². The van der Waals surface area contributed by atoms with E-state index in [1.165, 1.54) is 7.11 Å². The van der Waals surface area contributed by atoms with Crippen molar-refractivity contribution in [3.8, 4) is 17.2 Å². The molecule has 0 fully saturated rings. The van der Waals surface area contributed by atoms with Crippen molar-refractivity contribution >= 4 is 67.3 Å². The van der Waals surface area contributed by atoms with E-state index in [1.54, 1.807) is 24.3 Å². The highest BCUT2D eigenvalue weighted by Crippen LogP contribution is 2.39. The van der Waals surface area contributed by atoms with Crippen LogP contribution in [0.4, 0.5) is 39.8 Å². The number of hydrogen-bond acceptors (Lipinski definition) is 9. The first-order chi connectivity index (χ1) is 26.8. The Labute approximate surface area is 319 Å². The molecule has 7 aromatic rings. The first-order valence-corrected chi connectivity index (χ1v) is 18.0. The number of nitrogens with one attached hydrogen (secondary N) is 2. The molecule has 1 amide bonds. The van der Waals surface area contributed by atoms with Gasteiger partial charge in [-0.3, -0.25) is 4.79 Å². The fourth-order valence-electron chi connectivity index (χ4n) is 6.08. The molecule has 0 aliphatic carbocycles. The Morgan fingerprint density at radius 3 is 2.04 bits per heavy atom. The van der Waals surface area contributed by atoms with Crippen LogP contribution in [0.25, 0.3) is 21.5 Å². The Bertz CT molecular complexity index is 2590. The summed E-state index contributed by atoms with van der Waals surface area (Å²) in [6.07, 6.45) is 0.926. The number of carbonyl (C=O) groups is 1. The van der Waals surface area contributed by atoms with Gasteiger partial charge in [0.15, 0.2) is 5.75 Å². The van der Waals surface area contributed by atoms with Crippen LogP contribution in [-0.4, -0.2) is 24.7 Å². The van der Waals surface area contributed by atoms with E-state index >= 15 is 0 Å². The fourth-order valence-corrected chi connectivity index (χ4v) is 6.08. The maximum atomic E-state index is 13.2. The van der Waals surface area contributed by atoms with Gasteiger partial charge in [0.05, 0.1) is 25.1 Å². The zero-order valence-electron chi connectivity index (χ0n) is 31.0. The number of para-hydroxylation sites is 1. The molecule has 0 unspecified atom stereocenters. The topological polar surface area (TPSA) is 129 Å². The summed E-state index contributed by atoms with van der Waals surface area (Å²) in [6, 6.07) is 39.9. The van der Waals surface area contributed by atoms with Crippen LogP contribution < -0.4 is 20.1 Å². The molecule has 3 N–H and O–H groups in total. The number of ether oxygens (including phenoxy) is 2. The zero-order valence-corrected chi connectivity index (χ0v) is 31.0. The van der Waals surface area contributed by atoms with Gasteiger partial charge in [0.2, 0.25) is 0 Å². The van der Waals surface area contributed by atoms with Crippen molar-refractivity contribution in [2.75, 3.05) is 24.4 Å². The lowest BCUT2D eigenvalue weighted by molar-refractivity contribution is 0.102. The number of phenolic OH excluding ortho intramolecular Hbond substituents is 1. The van der Waals surface area contributed by atoms with Crippen molar-refractivity contribution in [1.82, 2.24) is 0 Å². The number of nitrogens with zero attached hydrogens (tertiary/aromatic N) is 4. The van der Waals surface area contributed by atoms with Crippen LogP contribution in [-0.2, 0) is 0 Å². The maximum Gasteiger partial charge on any atom is 0.255 e. The van der Waals surface area contributed by atoms with E-state index in [4.69, 9.17) is 9.47 Å². The molecule has 0 aliphatic heterocycles. The largest absolute Gasteiger partial charge is 0.505 e. The minimum atomic E-state index is -0.280. The van der Waals surface area contributed by atoms with Gasteiger partial charge in [-0.2, -0.15) is 10.2 Å². The molecule has 55 heavy (non-hydrogen) atoms. The van der Waals surface area contributed by atoms with E-state index in [2.05, 4.69) is 38.0 Å². The third-order valence-corrected chi connectivity index (χ3v) is 9.06. The number of aryl methyl sites for hydroxylation is 2. The SMILES string of the molecule is CCCOc1ccc2ccc(NC(=O)c3ccc(N=Nc4cc(C)c(N=Nc5ccc6cc(Nc7ccccc7)ccc6c5O)cc4C)c(OC)c3)cc2c1. The van der Waals surface area contributed by atoms with E-state index in [9.17, 15) is 9.90 Å². The number of aromatic hydroxyl groups is 1. The number of anilines is 3. The van der Waals surface area contributed by atoms with Crippen molar-refractivity contribution in [3.05, 3.63) is 144 Å². The van der Waals surface area contributed by atoms with Crippen LogP contribution in [0.15, 0.2) is 148 Å². The number of azo groups is 2. The number of benzene rings is 7. The number of carbonyl (C=O) groups excluding carboxylic acids is 1. The second-order valence-electron chi connectivity index (χ2n) is 13.1. The van der Waals surface area contributed by atoms with Gasteiger partial charge in [-0.1, -0.05) is 43.3 Å². The molecule has 274 valence electrons. The molecule has 0 spiro atoms. The van der Waals surface area contributed by atoms with Crippen LogP contribution in [0.1, 0.15) is 34.8 Å². The van der Waals surface area contributed by atoms with E-state index < -0.39 is 0 Å². The molecule has 10 heteroatoms. The lowest BCUT2D eigenvalue weighted by Gasteiger charge is -2.10. The molecule has 0 heterocycles. The summed E-state index contributed by atoms with van der Waals surface area (Å²) in [5.74, 6) is 0.985. The average Bonchev–Trinajstić information content (AvgIpc) is 3.20. The van der Waals surface area contributed by atoms with Crippen LogP contribution >= 0.6 is 0 Å². The summed E-state index contributed by atoms with van der Waals surface area (Å²) in [4.78, 5) is 13.2. The monoisotopic (exact) mass is 728 g/mol. The Morgan fingerprint density at radius 2 is 1.29 bits per heavy atom. The maximum absolute atomic E-state index is 13.2. The van der Waals surface area contributed by atoms with Crippen molar-refractivity contribution in [2.24, 2.45) is 20.5 Å². The third kappa shape index (κ3) is 8.44. The normalized spacial score (nSPS) is 11.4. The number of rotatable bonds is 12. The quantitative estimate of drug-likeness (QED) is 0.108. The second-order valence-corrected chi connectivity index (χ2v) is 13.1. The average molecular weight is 729 g/mol. The van der Waals surface area contributed by atoms with Gasteiger partial charge in [-0.05, 0) is 139 Å². The van der Waals surface area contributed by atoms with Crippen molar-refractivity contribution in [1.29, 1.82) is 0 Å². The summed E-state index contributed by atoms with van der Waals surface area (Å²) < 4.78 is 11.4. The van der Waals surface area contributed by atoms with E-state index in [0.29, 0.717) is 51.7 Å². The van der Waals surface area contributed by atoms with Gasteiger partial charge in [0.1, 0.15) is 22.9 Å².